The van der Waals surface area contributed by atoms with Gasteiger partial charge in [0.15, 0.2) is 0 Å². The van der Waals surface area contributed by atoms with E-state index in [9.17, 15) is 0 Å². The summed E-state index contributed by atoms with van der Waals surface area (Å²) >= 11 is 0. The topological polar surface area (TPSA) is 39.1 Å². The summed E-state index contributed by atoms with van der Waals surface area (Å²) in [5.74, 6) is 0.853. The molecule has 1 aromatic carbocycles. The molecule has 3 rings (SSSR count). The molecule has 1 N–H and O–H groups in total. The van der Waals surface area contributed by atoms with Gasteiger partial charge in [-0.05, 0) is 12.1 Å². The number of fused-ring (bicyclic) bond motifs is 1. The summed E-state index contributed by atoms with van der Waals surface area (Å²) < 4.78 is 7.11. The minimum Gasteiger partial charge on any atom is -0.497 e. The van der Waals surface area contributed by atoms with Gasteiger partial charge in [-0.2, -0.15) is 5.10 Å². The van der Waals surface area contributed by atoms with Crippen LogP contribution >= 0.6 is 0 Å². The maximum Gasteiger partial charge on any atom is 0.121 e. The van der Waals surface area contributed by atoms with Gasteiger partial charge in [0.1, 0.15) is 5.75 Å². The number of hydrogen-bond donors (Lipinski definition) is 1. The van der Waals surface area contributed by atoms with Crippen molar-refractivity contribution in [3.63, 3.8) is 0 Å². The standard InChI is InChI=1S/C12H13N3O/c1-16-11-4-2-3-10(5-11)15-8-9-6-13-7-12(9)14-15/h2-5,8,13H,6-7H2,1H3. The summed E-state index contributed by atoms with van der Waals surface area (Å²) in [5, 5.41) is 7.80. The molecule has 4 nitrogen and oxygen atoms in total. The molecule has 0 fully saturated rings. The van der Waals surface area contributed by atoms with E-state index in [-0.39, 0.29) is 0 Å². The normalized spacial score (nSPS) is 13.8. The van der Waals surface area contributed by atoms with Crippen LogP contribution in [0.1, 0.15) is 11.3 Å². The molecule has 2 heterocycles. The molecule has 4 heteroatoms. The van der Waals surface area contributed by atoms with Crippen molar-refractivity contribution in [2.45, 2.75) is 13.1 Å². The van der Waals surface area contributed by atoms with E-state index in [0.29, 0.717) is 0 Å². The molecule has 16 heavy (non-hydrogen) atoms. The molecule has 0 bridgehead atoms. The zero-order valence-electron chi connectivity index (χ0n) is 9.10. The van der Waals surface area contributed by atoms with Crippen LogP contribution in [0.25, 0.3) is 5.69 Å². The van der Waals surface area contributed by atoms with E-state index >= 15 is 0 Å². The average molecular weight is 215 g/mol. The summed E-state index contributed by atoms with van der Waals surface area (Å²) in [6.07, 6.45) is 2.07. The van der Waals surface area contributed by atoms with Gasteiger partial charge < -0.3 is 10.1 Å². The molecule has 0 saturated carbocycles. The largest absolute Gasteiger partial charge is 0.497 e. The van der Waals surface area contributed by atoms with Gasteiger partial charge in [0, 0.05) is 30.9 Å². The highest BCUT2D eigenvalue weighted by Crippen LogP contribution is 2.19. The Morgan fingerprint density at radius 3 is 3.12 bits per heavy atom. The molecular formula is C12H13N3O. The van der Waals surface area contributed by atoms with Crippen molar-refractivity contribution in [2.24, 2.45) is 0 Å². The Balaban J connectivity index is 2.01. The second kappa shape index (κ2) is 3.64. The number of nitrogens with zero attached hydrogens (tertiary/aromatic N) is 2. The molecule has 1 aliphatic rings. The smallest absolute Gasteiger partial charge is 0.121 e. The molecule has 0 aliphatic carbocycles. The highest BCUT2D eigenvalue weighted by molar-refractivity contribution is 5.40. The maximum atomic E-state index is 5.20. The molecule has 2 aromatic rings. The monoisotopic (exact) mass is 215 g/mol. The second-order valence-corrected chi connectivity index (χ2v) is 3.85. The Hall–Kier alpha value is -1.81. The molecule has 82 valence electrons. The van der Waals surface area contributed by atoms with Gasteiger partial charge in [0.2, 0.25) is 0 Å². The molecule has 0 radical (unpaired) electrons. The van der Waals surface area contributed by atoms with Gasteiger partial charge in [-0.15, -0.1) is 0 Å². The highest BCUT2D eigenvalue weighted by Gasteiger charge is 2.14. The number of hydrogen-bond acceptors (Lipinski definition) is 3. The van der Waals surface area contributed by atoms with Crippen LogP contribution in [0.4, 0.5) is 0 Å². The van der Waals surface area contributed by atoms with Crippen LogP contribution in [0.3, 0.4) is 0 Å². The lowest BCUT2D eigenvalue weighted by molar-refractivity contribution is 0.414. The number of nitrogens with one attached hydrogen (secondary N) is 1. The minimum atomic E-state index is 0.853. The van der Waals surface area contributed by atoms with Crippen molar-refractivity contribution in [3.05, 3.63) is 41.7 Å². The van der Waals surface area contributed by atoms with Crippen LogP contribution in [0.2, 0.25) is 0 Å². The Morgan fingerprint density at radius 1 is 1.38 bits per heavy atom. The predicted molar refractivity (Wildman–Crippen MR) is 60.7 cm³/mol. The molecular weight excluding hydrogens is 202 g/mol. The zero-order valence-corrected chi connectivity index (χ0v) is 9.10. The highest BCUT2D eigenvalue weighted by atomic mass is 16.5. The van der Waals surface area contributed by atoms with Crippen molar-refractivity contribution in [1.29, 1.82) is 0 Å². The number of aromatic nitrogens is 2. The number of ether oxygens (including phenoxy) is 1. The summed E-state index contributed by atoms with van der Waals surface area (Å²) in [7, 11) is 1.67. The fourth-order valence-electron chi connectivity index (χ4n) is 1.94. The first-order valence-corrected chi connectivity index (χ1v) is 5.29. The third kappa shape index (κ3) is 1.47. The van der Waals surface area contributed by atoms with Crippen LogP contribution in [0, 0.1) is 0 Å². The third-order valence-corrected chi connectivity index (χ3v) is 2.80. The van der Waals surface area contributed by atoms with E-state index in [2.05, 4.69) is 16.6 Å². The van der Waals surface area contributed by atoms with E-state index in [1.54, 1.807) is 7.11 Å². The van der Waals surface area contributed by atoms with Crippen LogP contribution in [0.5, 0.6) is 5.75 Å². The number of rotatable bonds is 2. The molecule has 0 amide bonds. The Morgan fingerprint density at radius 2 is 2.31 bits per heavy atom. The van der Waals surface area contributed by atoms with Gasteiger partial charge in [-0.3, -0.25) is 0 Å². The fraction of sp³-hybridized carbons (Fsp3) is 0.250. The lowest BCUT2D eigenvalue weighted by Gasteiger charge is -2.04. The van der Waals surface area contributed by atoms with Crippen molar-refractivity contribution >= 4 is 0 Å². The van der Waals surface area contributed by atoms with Gasteiger partial charge in [-0.25, -0.2) is 4.68 Å². The van der Waals surface area contributed by atoms with Crippen LogP contribution < -0.4 is 10.1 Å². The Labute approximate surface area is 93.8 Å². The molecule has 0 saturated heterocycles. The first kappa shape index (κ1) is 9.42. The van der Waals surface area contributed by atoms with Crippen molar-refractivity contribution in [2.75, 3.05) is 7.11 Å². The molecule has 1 aliphatic heterocycles. The molecule has 0 unspecified atom stereocenters. The lowest BCUT2D eigenvalue weighted by Crippen LogP contribution is -2.05. The second-order valence-electron chi connectivity index (χ2n) is 3.85. The summed E-state index contributed by atoms with van der Waals surface area (Å²) in [6.45, 7) is 1.78. The number of methoxy groups -OCH3 is 1. The lowest BCUT2D eigenvalue weighted by atomic mass is 10.3. The van der Waals surface area contributed by atoms with Crippen molar-refractivity contribution < 1.29 is 4.74 Å². The Kier molecular flexibility index (Phi) is 2.15. The SMILES string of the molecule is COc1cccc(-n2cc3c(n2)CNC3)c1. The predicted octanol–water partition coefficient (Wildman–Crippen LogP) is 1.48. The molecule has 0 atom stereocenters. The van der Waals surface area contributed by atoms with Gasteiger partial charge in [0.05, 0.1) is 18.5 Å². The van der Waals surface area contributed by atoms with Gasteiger partial charge in [-0.1, -0.05) is 6.07 Å². The maximum absolute atomic E-state index is 5.20. The van der Waals surface area contributed by atoms with Crippen LogP contribution in [-0.2, 0) is 13.1 Å². The summed E-state index contributed by atoms with van der Waals surface area (Å²) in [6, 6.07) is 7.91. The van der Waals surface area contributed by atoms with E-state index < -0.39 is 0 Å². The quantitative estimate of drug-likeness (QED) is 0.824. The number of benzene rings is 1. The minimum absolute atomic E-state index is 0.853. The van der Waals surface area contributed by atoms with Gasteiger partial charge >= 0.3 is 0 Å². The summed E-state index contributed by atoms with van der Waals surface area (Å²) in [4.78, 5) is 0. The van der Waals surface area contributed by atoms with E-state index in [1.165, 1.54) is 5.56 Å². The van der Waals surface area contributed by atoms with E-state index in [1.807, 2.05) is 28.9 Å². The van der Waals surface area contributed by atoms with Crippen molar-refractivity contribution in [3.8, 4) is 11.4 Å². The van der Waals surface area contributed by atoms with E-state index in [0.717, 1.165) is 30.2 Å². The van der Waals surface area contributed by atoms with Crippen LogP contribution in [-0.4, -0.2) is 16.9 Å². The average Bonchev–Trinajstić information content (AvgIpc) is 2.89. The molecule has 1 aromatic heterocycles. The van der Waals surface area contributed by atoms with Crippen LogP contribution in [0.15, 0.2) is 30.5 Å². The summed E-state index contributed by atoms with van der Waals surface area (Å²) in [5.41, 5.74) is 3.46. The van der Waals surface area contributed by atoms with E-state index in [4.69, 9.17) is 4.74 Å². The fourth-order valence-corrected chi connectivity index (χ4v) is 1.94. The van der Waals surface area contributed by atoms with Crippen molar-refractivity contribution in [1.82, 2.24) is 15.1 Å². The molecule has 0 spiro atoms. The Bertz CT molecular complexity index is 497. The first-order valence-electron chi connectivity index (χ1n) is 5.29. The van der Waals surface area contributed by atoms with Gasteiger partial charge in [0.25, 0.3) is 0 Å². The zero-order chi connectivity index (χ0) is 11.0. The first-order chi connectivity index (χ1) is 7.86. The third-order valence-electron chi connectivity index (χ3n) is 2.80.